The normalized spacial score (nSPS) is 11.8. The van der Waals surface area contributed by atoms with Crippen molar-refractivity contribution in [3.8, 4) is 40.2 Å². The maximum absolute atomic E-state index is 14.5. The molecule has 2 rings (SSSR count). The molecule has 0 fully saturated rings. The van der Waals surface area contributed by atoms with Gasteiger partial charge in [0.1, 0.15) is 11.3 Å². The van der Waals surface area contributed by atoms with Crippen molar-refractivity contribution >= 4 is 11.9 Å². The Morgan fingerprint density at radius 2 is 0.917 bits per heavy atom. The van der Waals surface area contributed by atoms with Gasteiger partial charge in [0.15, 0.2) is 40.3 Å². The predicted molar refractivity (Wildman–Crippen MR) is 195 cm³/mol. The highest BCUT2D eigenvalue weighted by Gasteiger charge is 2.28. The Kier molecular flexibility index (Phi) is 17.0. The molecular weight excluding hydrogens is 608 g/mol. The molecule has 2 aromatic rings. The van der Waals surface area contributed by atoms with Crippen molar-refractivity contribution in [2.24, 2.45) is 35.5 Å². The first-order valence-electron chi connectivity index (χ1n) is 17.5. The quantitative estimate of drug-likeness (QED) is 0.0905. The summed E-state index contributed by atoms with van der Waals surface area (Å²) in [5, 5.41) is 0. The van der Waals surface area contributed by atoms with E-state index in [9.17, 15) is 4.79 Å². The van der Waals surface area contributed by atoms with Gasteiger partial charge in [0.05, 0.1) is 46.8 Å². The Morgan fingerprint density at radius 3 is 1.33 bits per heavy atom. The lowest BCUT2D eigenvalue weighted by atomic mass is 10.0. The average Bonchev–Trinajstić information content (AvgIpc) is 3.00. The molecule has 0 bridgehead atoms. The molecule has 0 aliphatic rings. The van der Waals surface area contributed by atoms with Gasteiger partial charge in [-0.2, -0.15) is 0 Å². The van der Waals surface area contributed by atoms with Gasteiger partial charge in [0, 0.05) is 17.7 Å². The Hall–Kier alpha value is -3.55. The molecule has 0 aliphatic heterocycles. The van der Waals surface area contributed by atoms with Crippen LogP contribution in [0.25, 0.3) is 6.08 Å². The number of hydrogen-bond acceptors (Lipinski definition) is 8. The van der Waals surface area contributed by atoms with E-state index < -0.39 is 0 Å². The van der Waals surface area contributed by atoms with Gasteiger partial charge in [0.2, 0.25) is 0 Å². The highest BCUT2D eigenvalue weighted by Crippen LogP contribution is 2.46. The number of benzene rings is 2. The van der Waals surface area contributed by atoms with Crippen molar-refractivity contribution in [2.75, 3.05) is 46.8 Å². The van der Waals surface area contributed by atoms with Crippen LogP contribution in [0, 0.1) is 35.5 Å². The van der Waals surface area contributed by atoms with E-state index in [1.807, 2.05) is 12.1 Å². The van der Waals surface area contributed by atoms with Gasteiger partial charge in [-0.25, -0.2) is 0 Å². The Bertz CT molecular complexity index is 1260. The topological polar surface area (TPSA) is 81.7 Å². The number of methoxy groups -OCH3 is 1. The molecule has 2 aromatic carbocycles. The summed E-state index contributed by atoms with van der Waals surface area (Å²) >= 11 is 0. The summed E-state index contributed by atoms with van der Waals surface area (Å²) in [5.41, 5.74) is 0.913. The fraction of sp³-hybridized carbons (Fsp3) is 0.625. The first-order chi connectivity index (χ1) is 22.6. The minimum atomic E-state index is -0.320. The molecule has 0 heterocycles. The maximum atomic E-state index is 14.5. The Balaban J connectivity index is 2.84. The van der Waals surface area contributed by atoms with Crippen LogP contribution in [0.3, 0.4) is 0 Å². The van der Waals surface area contributed by atoms with Crippen molar-refractivity contribution in [1.29, 1.82) is 0 Å². The number of ether oxygens (including phenoxy) is 7. The van der Waals surface area contributed by atoms with E-state index in [0.29, 0.717) is 91.4 Å². The lowest BCUT2D eigenvalue weighted by Gasteiger charge is -2.23. The second kappa shape index (κ2) is 20.1. The molecule has 0 spiro atoms. The number of hydrogen-bond donors (Lipinski definition) is 0. The third kappa shape index (κ3) is 13.5. The van der Waals surface area contributed by atoms with E-state index in [1.165, 1.54) is 6.08 Å². The predicted octanol–water partition coefficient (Wildman–Crippen LogP) is 9.80. The van der Waals surface area contributed by atoms with Crippen molar-refractivity contribution < 1.29 is 38.0 Å². The minimum absolute atomic E-state index is 0.208. The zero-order valence-electron chi connectivity index (χ0n) is 31.9. The van der Waals surface area contributed by atoms with Crippen LogP contribution in [0.4, 0.5) is 0 Å². The molecule has 8 heteroatoms. The van der Waals surface area contributed by atoms with Crippen molar-refractivity contribution in [3.63, 3.8) is 0 Å². The first-order valence-corrected chi connectivity index (χ1v) is 17.5. The molecule has 0 amide bonds. The fourth-order valence-corrected chi connectivity index (χ4v) is 4.21. The molecular formula is C40H62O8. The van der Waals surface area contributed by atoms with E-state index >= 15 is 0 Å². The number of rotatable bonds is 22. The van der Waals surface area contributed by atoms with Gasteiger partial charge in [-0.3, -0.25) is 4.79 Å². The molecule has 0 atom stereocenters. The van der Waals surface area contributed by atoms with Gasteiger partial charge in [-0.1, -0.05) is 83.1 Å². The highest BCUT2D eigenvalue weighted by atomic mass is 16.5. The lowest BCUT2D eigenvalue weighted by Crippen LogP contribution is -2.16. The smallest absolute Gasteiger partial charge is 0.193 e. The number of carbonyl (C=O) groups excluding carboxylic acids is 1. The average molecular weight is 671 g/mol. The van der Waals surface area contributed by atoms with Gasteiger partial charge >= 0.3 is 0 Å². The molecule has 0 aliphatic carbocycles. The fourth-order valence-electron chi connectivity index (χ4n) is 4.21. The van der Waals surface area contributed by atoms with Crippen LogP contribution < -0.4 is 33.2 Å². The van der Waals surface area contributed by atoms with E-state index in [1.54, 1.807) is 19.3 Å². The van der Waals surface area contributed by atoms with Crippen molar-refractivity contribution in [3.05, 3.63) is 35.4 Å². The monoisotopic (exact) mass is 670 g/mol. The zero-order valence-corrected chi connectivity index (χ0v) is 31.9. The van der Waals surface area contributed by atoms with Gasteiger partial charge < -0.3 is 33.2 Å². The summed E-state index contributed by atoms with van der Waals surface area (Å²) in [4.78, 5) is 14.5. The van der Waals surface area contributed by atoms with Crippen LogP contribution in [0.2, 0.25) is 0 Å². The standard InChI is InChI=1S/C40H62O8/c1-25(2)19-43-32-16-31(38(34(17-32)42-13)46-22-28(7)8)14-15-33(41)37-39(47-23-29(9)10)35(44-20-26(3)4)18-36(45-21-27(5)6)40(37)48-24-30(11)12/h14-18,25-30H,19-24H2,1-13H3. The molecule has 0 aromatic heterocycles. The Labute approximate surface area is 290 Å². The van der Waals surface area contributed by atoms with Crippen molar-refractivity contribution in [2.45, 2.75) is 83.1 Å². The molecule has 0 radical (unpaired) electrons. The first kappa shape index (κ1) is 40.6. The van der Waals surface area contributed by atoms with Crippen LogP contribution in [-0.4, -0.2) is 52.5 Å². The van der Waals surface area contributed by atoms with Gasteiger partial charge in [0.25, 0.3) is 0 Å². The third-order valence-electron chi connectivity index (χ3n) is 6.51. The SMILES string of the molecule is COc1cc(OCC(C)C)cc(C=CC(=O)c2c(OCC(C)C)c(OCC(C)C)cc(OCC(C)C)c2OCC(C)C)c1OCC(C)C. The molecule has 0 unspecified atom stereocenters. The van der Waals surface area contributed by atoms with E-state index in [4.69, 9.17) is 33.2 Å². The van der Waals surface area contributed by atoms with Crippen LogP contribution in [0.15, 0.2) is 24.3 Å². The maximum Gasteiger partial charge on any atom is 0.193 e. The summed E-state index contributed by atoms with van der Waals surface area (Å²) in [6, 6.07) is 5.49. The summed E-state index contributed by atoms with van der Waals surface area (Å²) in [5.74, 6) is 4.49. The third-order valence-corrected chi connectivity index (χ3v) is 6.51. The summed E-state index contributed by atoms with van der Waals surface area (Å²) in [6.07, 6.45) is 3.25. The molecule has 0 N–H and O–H groups in total. The largest absolute Gasteiger partial charge is 0.493 e. The van der Waals surface area contributed by atoms with Crippen molar-refractivity contribution in [1.82, 2.24) is 0 Å². The summed E-state index contributed by atoms with van der Waals surface area (Å²) in [6.45, 7) is 27.6. The van der Waals surface area contributed by atoms with Crippen LogP contribution in [-0.2, 0) is 0 Å². The number of allylic oxidation sites excluding steroid dienone is 1. The second-order valence-corrected chi connectivity index (χ2v) is 14.9. The van der Waals surface area contributed by atoms with Gasteiger partial charge in [-0.05, 0) is 53.7 Å². The summed E-state index contributed by atoms with van der Waals surface area (Å²) < 4.78 is 43.4. The van der Waals surface area contributed by atoms with E-state index in [2.05, 4.69) is 83.1 Å². The van der Waals surface area contributed by atoms with Gasteiger partial charge in [-0.15, -0.1) is 0 Å². The molecule has 270 valence electrons. The number of carbonyl (C=O) groups is 1. The molecule has 48 heavy (non-hydrogen) atoms. The highest BCUT2D eigenvalue weighted by molar-refractivity contribution is 6.12. The van der Waals surface area contributed by atoms with Crippen LogP contribution in [0.5, 0.6) is 40.2 Å². The lowest BCUT2D eigenvalue weighted by molar-refractivity contribution is 0.103. The van der Waals surface area contributed by atoms with Crippen LogP contribution in [0.1, 0.15) is 99.0 Å². The molecule has 0 saturated heterocycles. The van der Waals surface area contributed by atoms with Crippen LogP contribution >= 0.6 is 0 Å². The number of ketones is 1. The molecule has 0 saturated carbocycles. The van der Waals surface area contributed by atoms with E-state index in [0.717, 1.165) is 0 Å². The van der Waals surface area contributed by atoms with E-state index in [-0.39, 0.29) is 40.9 Å². The second-order valence-electron chi connectivity index (χ2n) is 14.9. The summed E-state index contributed by atoms with van der Waals surface area (Å²) in [7, 11) is 1.60. The zero-order chi connectivity index (χ0) is 36.0. The Morgan fingerprint density at radius 1 is 0.521 bits per heavy atom. The minimum Gasteiger partial charge on any atom is -0.493 e. The molecule has 8 nitrogen and oxygen atoms in total.